The molecule has 0 bridgehead atoms. The van der Waals surface area contributed by atoms with Gasteiger partial charge in [0.15, 0.2) is 5.96 Å². The number of pyridine rings is 1. The molecule has 8 nitrogen and oxygen atoms in total. The minimum Gasteiger partial charge on any atom is -0.376 e. The Labute approximate surface area is 173 Å². The van der Waals surface area contributed by atoms with Crippen LogP contribution in [0.25, 0.3) is 0 Å². The van der Waals surface area contributed by atoms with Crippen LogP contribution in [-0.4, -0.2) is 80.8 Å². The lowest BCUT2D eigenvalue weighted by Crippen LogP contribution is -2.50. The van der Waals surface area contributed by atoms with Crippen LogP contribution in [0.5, 0.6) is 0 Å². The number of piperidine rings is 1. The number of anilines is 1. The number of ether oxygens (including phenoxy) is 1. The van der Waals surface area contributed by atoms with E-state index in [2.05, 4.69) is 37.6 Å². The fraction of sp³-hybridized carbons (Fsp3) is 0.667. The predicted molar refractivity (Wildman–Crippen MR) is 115 cm³/mol. The van der Waals surface area contributed by atoms with E-state index in [0.717, 1.165) is 56.9 Å². The molecule has 160 valence electrons. The molecule has 2 aliphatic rings. The van der Waals surface area contributed by atoms with Gasteiger partial charge in [-0.15, -0.1) is 0 Å². The van der Waals surface area contributed by atoms with Crippen LogP contribution in [0.15, 0.2) is 23.2 Å². The molecule has 0 saturated carbocycles. The smallest absolute Gasteiger partial charge is 0.243 e. The third-order valence-electron chi connectivity index (χ3n) is 5.43. The van der Waals surface area contributed by atoms with Gasteiger partial charge >= 0.3 is 0 Å². The molecule has 2 saturated heterocycles. The van der Waals surface area contributed by atoms with Crippen LogP contribution < -0.4 is 15.5 Å². The minimum atomic E-state index is -0.0106. The van der Waals surface area contributed by atoms with Crippen LogP contribution in [0.3, 0.4) is 0 Å². The topological polar surface area (TPSA) is 82.1 Å². The van der Waals surface area contributed by atoms with Crippen molar-refractivity contribution in [2.75, 3.05) is 51.8 Å². The van der Waals surface area contributed by atoms with Gasteiger partial charge in [-0.25, -0.2) is 9.98 Å². The molecule has 0 aliphatic carbocycles. The van der Waals surface area contributed by atoms with Crippen molar-refractivity contribution in [1.82, 2.24) is 20.5 Å². The maximum absolute atomic E-state index is 12.0. The molecule has 2 N–H and O–H groups in total. The van der Waals surface area contributed by atoms with E-state index in [1.54, 1.807) is 19.0 Å². The number of nitrogens with zero attached hydrogens (tertiary/aromatic N) is 4. The molecular weight excluding hydrogens is 368 g/mol. The Morgan fingerprint density at radius 1 is 1.31 bits per heavy atom. The fourth-order valence-electron chi connectivity index (χ4n) is 3.61. The summed E-state index contributed by atoms with van der Waals surface area (Å²) in [5.41, 5.74) is 1.04. The molecule has 0 aromatic carbocycles. The van der Waals surface area contributed by atoms with Crippen molar-refractivity contribution in [1.29, 1.82) is 0 Å². The highest BCUT2D eigenvalue weighted by molar-refractivity contribution is 5.85. The van der Waals surface area contributed by atoms with Gasteiger partial charge in [0.2, 0.25) is 5.91 Å². The molecule has 1 aromatic heterocycles. The van der Waals surface area contributed by atoms with E-state index in [1.165, 1.54) is 0 Å². The van der Waals surface area contributed by atoms with E-state index in [1.807, 2.05) is 13.0 Å². The van der Waals surface area contributed by atoms with Crippen molar-refractivity contribution in [3.05, 3.63) is 23.9 Å². The van der Waals surface area contributed by atoms with Gasteiger partial charge in [0, 0.05) is 52.1 Å². The van der Waals surface area contributed by atoms with E-state index < -0.39 is 0 Å². The number of aliphatic imine (C=N–C) groups is 1. The molecule has 1 aromatic rings. The molecule has 1 atom stereocenters. The summed E-state index contributed by atoms with van der Waals surface area (Å²) >= 11 is 0. The quantitative estimate of drug-likeness (QED) is 0.549. The highest BCUT2D eigenvalue weighted by atomic mass is 16.5. The molecule has 0 spiro atoms. The molecule has 3 heterocycles. The monoisotopic (exact) mass is 402 g/mol. The first kappa shape index (κ1) is 21.4. The van der Waals surface area contributed by atoms with Crippen LogP contribution in [-0.2, 0) is 9.53 Å². The van der Waals surface area contributed by atoms with Crippen molar-refractivity contribution < 1.29 is 9.53 Å². The van der Waals surface area contributed by atoms with Gasteiger partial charge in [-0.05, 0) is 44.7 Å². The zero-order chi connectivity index (χ0) is 20.6. The normalized spacial score (nSPS) is 20.6. The molecular formula is C21H34N6O2. The Morgan fingerprint density at radius 2 is 2.10 bits per heavy atom. The van der Waals surface area contributed by atoms with Gasteiger partial charge in [-0.1, -0.05) is 6.07 Å². The SMILES string of the molecule is Cc1cccc(N2CCC(NC(=NCC(=O)N(C)C)NCC3CCCO3)CC2)n1. The molecule has 3 rings (SSSR count). The van der Waals surface area contributed by atoms with Crippen molar-refractivity contribution in [2.45, 2.75) is 44.8 Å². The number of likely N-dealkylation sites (N-methyl/N-ethyl adjacent to an activating group) is 1. The number of aryl methyl sites for hydroxylation is 1. The van der Waals surface area contributed by atoms with Crippen molar-refractivity contribution in [2.24, 2.45) is 4.99 Å². The lowest BCUT2D eigenvalue weighted by Gasteiger charge is -2.34. The highest BCUT2D eigenvalue weighted by Crippen LogP contribution is 2.18. The zero-order valence-electron chi connectivity index (χ0n) is 17.9. The van der Waals surface area contributed by atoms with Crippen molar-refractivity contribution in [3.8, 4) is 0 Å². The predicted octanol–water partition coefficient (Wildman–Crippen LogP) is 1.16. The average Bonchev–Trinajstić information content (AvgIpc) is 3.24. The van der Waals surface area contributed by atoms with Gasteiger partial charge in [0.05, 0.1) is 6.10 Å². The van der Waals surface area contributed by atoms with Gasteiger partial charge in [0.25, 0.3) is 0 Å². The second-order valence-corrected chi connectivity index (χ2v) is 8.01. The van der Waals surface area contributed by atoms with Crippen LogP contribution in [0.1, 0.15) is 31.4 Å². The average molecular weight is 403 g/mol. The van der Waals surface area contributed by atoms with Crippen molar-refractivity contribution >= 4 is 17.7 Å². The maximum Gasteiger partial charge on any atom is 0.243 e. The first-order valence-corrected chi connectivity index (χ1v) is 10.6. The summed E-state index contributed by atoms with van der Waals surface area (Å²) in [6.45, 7) is 5.60. The van der Waals surface area contributed by atoms with Crippen LogP contribution >= 0.6 is 0 Å². The summed E-state index contributed by atoms with van der Waals surface area (Å²) in [5, 5.41) is 6.89. The highest BCUT2D eigenvalue weighted by Gasteiger charge is 2.22. The van der Waals surface area contributed by atoms with E-state index in [9.17, 15) is 4.79 Å². The first-order chi connectivity index (χ1) is 14.0. The summed E-state index contributed by atoms with van der Waals surface area (Å²) in [6.07, 6.45) is 4.39. The second-order valence-electron chi connectivity index (χ2n) is 8.01. The van der Waals surface area contributed by atoms with Gasteiger partial charge in [-0.3, -0.25) is 4.79 Å². The summed E-state index contributed by atoms with van der Waals surface area (Å²) in [4.78, 5) is 25.0. The third kappa shape index (κ3) is 6.59. The Balaban J connectivity index is 1.53. The number of guanidine groups is 1. The fourth-order valence-corrected chi connectivity index (χ4v) is 3.61. The van der Waals surface area contributed by atoms with E-state index in [-0.39, 0.29) is 18.6 Å². The number of hydrogen-bond acceptors (Lipinski definition) is 5. The zero-order valence-corrected chi connectivity index (χ0v) is 17.9. The summed E-state index contributed by atoms with van der Waals surface area (Å²) in [5.74, 6) is 1.73. The summed E-state index contributed by atoms with van der Waals surface area (Å²) in [7, 11) is 3.50. The Morgan fingerprint density at radius 3 is 2.76 bits per heavy atom. The maximum atomic E-state index is 12.0. The Bertz CT molecular complexity index is 694. The Hall–Kier alpha value is -2.35. The number of aromatic nitrogens is 1. The molecule has 1 unspecified atom stereocenters. The summed E-state index contributed by atoms with van der Waals surface area (Å²) in [6, 6.07) is 6.48. The third-order valence-corrected chi connectivity index (χ3v) is 5.43. The van der Waals surface area contributed by atoms with Crippen LogP contribution in [0, 0.1) is 6.92 Å². The lowest BCUT2D eigenvalue weighted by molar-refractivity contribution is -0.127. The molecule has 0 radical (unpaired) electrons. The minimum absolute atomic E-state index is 0.0106. The van der Waals surface area contributed by atoms with Gasteiger partial charge in [-0.2, -0.15) is 0 Å². The number of hydrogen-bond donors (Lipinski definition) is 2. The van der Waals surface area contributed by atoms with E-state index >= 15 is 0 Å². The number of carbonyl (C=O) groups excluding carboxylic acids is 1. The number of nitrogens with one attached hydrogen (secondary N) is 2. The number of carbonyl (C=O) groups is 1. The molecule has 2 fully saturated rings. The number of rotatable bonds is 6. The van der Waals surface area contributed by atoms with Crippen LogP contribution in [0.2, 0.25) is 0 Å². The van der Waals surface area contributed by atoms with Gasteiger partial charge < -0.3 is 25.2 Å². The standard InChI is InChI=1S/C21H34N6O2/c1-16-6-4-8-19(24-16)27-11-9-17(10-12-27)25-21(23-15-20(28)26(2)3)22-14-18-7-5-13-29-18/h4,6,8,17-18H,5,7,9-15H2,1-3H3,(H2,22,23,25). The van der Waals surface area contributed by atoms with Crippen molar-refractivity contribution in [3.63, 3.8) is 0 Å². The lowest BCUT2D eigenvalue weighted by atomic mass is 10.1. The Kier molecular flexibility index (Phi) is 7.69. The first-order valence-electron chi connectivity index (χ1n) is 10.6. The van der Waals surface area contributed by atoms with Gasteiger partial charge in [0.1, 0.15) is 12.4 Å². The molecule has 1 amide bonds. The van der Waals surface area contributed by atoms with E-state index in [0.29, 0.717) is 18.5 Å². The molecule has 8 heteroatoms. The molecule has 29 heavy (non-hydrogen) atoms. The van der Waals surface area contributed by atoms with E-state index in [4.69, 9.17) is 4.74 Å². The van der Waals surface area contributed by atoms with Crippen LogP contribution in [0.4, 0.5) is 5.82 Å². The molecule has 2 aliphatic heterocycles. The largest absolute Gasteiger partial charge is 0.376 e. The summed E-state index contributed by atoms with van der Waals surface area (Å²) < 4.78 is 5.70. The second kappa shape index (κ2) is 10.4. The number of amides is 1.